The van der Waals surface area contributed by atoms with Gasteiger partial charge in [0.1, 0.15) is 5.75 Å². The Morgan fingerprint density at radius 3 is 2.55 bits per heavy atom. The van der Waals surface area contributed by atoms with Gasteiger partial charge in [-0.1, -0.05) is 12.1 Å². The van der Waals surface area contributed by atoms with Gasteiger partial charge < -0.3 is 4.74 Å². The number of hydrogen-bond acceptors (Lipinski definition) is 3. The summed E-state index contributed by atoms with van der Waals surface area (Å²) in [6.45, 7) is 1.68. The smallest absolute Gasteiger partial charge is 0.419 e. The van der Waals surface area contributed by atoms with Crippen LogP contribution in [0.3, 0.4) is 0 Å². The maximum Gasteiger partial charge on any atom is 0.419 e. The van der Waals surface area contributed by atoms with Gasteiger partial charge in [-0.2, -0.15) is 18.2 Å². The molecule has 0 saturated heterocycles. The Morgan fingerprint density at radius 1 is 1.25 bits per heavy atom. The van der Waals surface area contributed by atoms with Crippen LogP contribution in [-0.2, 0) is 12.1 Å². The predicted octanol–water partition coefficient (Wildman–Crippen LogP) is 4.33. The third-order valence-electron chi connectivity index (χ3n) is 2.60. The van der Waals surface area contributed by atoms with Crippen LogP contribution < -0.4 is 4.74 Å². The number of rotatable bonds is 3. The lowest BCUT2D eigenvalue weighted by atomic mass is 10.2. The molecule has 2 aromatic rings. The van der Waals surface area contributed by atoms with Crippen molar-refractivity contribution >= 4 is 11.6 Å². The van der Waals surface area contributed by atoms with Gasteiger partial charge in [-0.05, 0) is 19.1 Å². The van der Waals surface area contributed by atoms with Gasteiger partial charge in [0.05, 0.1) is 11.4 Å². The standard InChI is InChI=1S/C13H10ClF3N2O/c1-8-9(6-14)7-18-12(19-8)20-11-5-3-2-4-10(11)13(15,16)17/h2-5,7H,6H2,1H3. The molecule has 0 unspecified atom stereocenters. The van der Waals surface area contributed by atoms with Crippen molar-refractivity contribution in [2.24, 2.45) is 0 Å². The van der Waals surface area contributed by atoms with Crippen LogP contribution in [0.5, 0.6) is 11.8 Å². The maximum atomic E-state index is 12.8. The Kier molecular flexibility index (Phi) is 4.13. The predicted molar refractivity (Wildman–Crippen MR) is 67.8 cm³/mol. The van der Waals surface area contributed by atoms with E-state index in [0.29, 0.717) is 11.3 Å². The molecule has 20 heavy (non-hydrogen) atoms. The fraction of sp³-hybridized carbons (Fsp3) is 0.231. The molecule has 0 spiro atoms. The van der Waals surface area contributed by atoms with Crippen LogP contribution in [0.2, 0.25) is 0 Å². The molecular weight excluding hydrogens is 293 g/mol. The summed E-state index contributed by atoms with van der Waals surface area (Å²) in [6.07, 6.45) is -3.07. The minimum atomic E-state index is -4.50. The molecule has 1 heterocycles. The molecule has 7 heteroatoms. The fourth-order valence-electron chi connectivity index (χ4n) is 1.54. The number of halogens is 4. The zero-order chi connectivity index (χ0) is 14.8. The topological polar surface area (TPSA) is 35.0 Å². The summed E-state index contributed by atoms with van der Waals surface area (Å²) in [5.74, 6) is -0.108. The second kappa shape index (κ2) is 5.66. The van der Waals surface area contributed by atoms with Crippen LogP contribution in [0, 0.1) is 6.92 Å². The monoisotopic (exact) mass is 302 g/mol. The van der Waals surface area contributed by atoms with Crippen molar-refractivity contribution in [1.29, 1.82) is 0 Å². The van der Waals surface area contributed by atoms with Gasteiger partial charge >= 0.3 is 12.2 Å². The minimum Gasteiger partial charge on any atom is -0.424 e. The third kappa shape index (κ3) is 3.19. The van der Waals surface area contributed by atoms with Crippen molar-refractivity contribution < 1.29 is 17.9 Å². The highest BCUT2D eigenvalue weighted by Gasteiger charge is 2.34. The van der Waals surface area contributed by atoms with Crippen LogP contribution in [0.25, 0.3) is 0 Å². The van der Waals surface area contributed by atoms with E-state index in [1.807, 2.05) is 0 Å². The lowest BCUT2D eigenvalue weighted by molar-refractivity contribution is -0.138. The number of aromatic nitrogens is 2. The van der Waals surface area contributed by atoms with Crippen LogP contribution in [0.15, 0.2) is 30.5 Å². The molecule has 0 aliphatic heterocycles. The van der Waals surface area contributed by atoms with E-state index in [4.69, 9.17) is 16.3 Å². The van der Waals surface area contributed by atoms with E-state index in [9.17, 15) is 13.2 Å². The Morgan fingerprint density at radius 2 is 1.95 bits per heavy atom. The second-order valence-electron chi connectivity index (χ2n) is 3.99. The molecule has 0 saturated carbocycles. The molecule has 3 nitrogen and oxygen atoms in total. The first kappa shape index (κ1) is 14.6. The van der Waals surface area contributed by atoms with Crippen molar-refractivity contribution in [2.45, 2.75) is 19.0 Å². The van der Waals surface area contributed by atoms with E-state index in [1.165, 1.54) is 24.4 Å². The van der Waals surface area contributed by atoms with E-state index in [-0.39, 0.29) is 17.6 Å². The summed E-state index contributed by atoms with van der Waals surface area (Å²) < 4.78 is 43.6. The van der Waals surface area contributed by atoms with Crippen molar-refractivity contribution in [3.63, 3.8) is 0 Å². The van der Waals surface area contributed by atoms with E-state index in [1.54, 1.807) is 6.92 Å². The average molecular weight is 303 g/mol. The SMILES string of the molecule is Cc1nc(Oc2ccccc2C(F)(F)F)ncc1CCl. The number of para-hydroxylation sites is 1. The Bertz CT molecular complexity index is 617. The van der Waals surface area contributed by atoms with E-state index >= 15 is 0 Å². The third-order valence-corrected chi connectivity index (χ3v) is 2.88. The average Bonchev–Trinajstić information content (AvgIpc) is 2.38. The molecule has 106 valence electrons. The van der Waals surface area contributed by atoms with Gasteiger partial charge in [0.25, 0.3) is 0 Å². The van der Waals surface area contributed by atoms with Gasteiger partial charge in [-0.25, -0.2) is 4.98 Å². The highest BCUT2D eigenvalue weighted by molar-refractivity contribution is 6.17. The summed E-state index contributed by atoms with van der Waals surface area (Å²) in [5.41, 5.74) is 0.389. The van der Waals surface area contributed by atoms with Crippen molar-refractivity contribution in [3.05, 3.63) is 47.3 Å². The van der Waals surface area contributed by atoms with Gasteiger partial charge in [0.2, 0.25) is 0 Å². The second-order valence-corrected chi connectivity index (χ2v) is 4.26. The lowest BCUT2D eigenvalue weighted by Crippen LogP contribution is -2.07. The number of nitrogens with zero attached hydrogens (tertiary/aromatic N) is 2. The highest BCUT2D eigenvalue weighted by Crippen LogP contribution is 2.37. The largest absolute Gasteiger partial charge is 0.424 e. The molecule has 0 aliphatic carbocycles. The maximum absolute atomic E-state index is 12.8. The molecule has 0 bridgehead atoms. The first-order chi connectivity index (χ1) is 9.41. The van der Waals surface area contributed by atoms with Gasteiger partial charge in [0.15, 0.2) is 0 Å². The Balaban J connectivity index is 2.33. The quantitative estimate of drug-likeness (QED) is 0.791. The molecule has 1 aromatic carbocycles. The van der Waals surface area contributed by atoms with E-state index in [2.05, 4.69) is 9.97 Å². The molecule has 0 radical (unpaired) electrons. The summed E-state index contributed by atoms with van der Waals surface area (Å²) in [6, 6.07) is 4.75. The van der Waals surface area contributed by atoms with Gasteiger partial charge in [0, 0.05) is 17.5 Å². The zero-order valence-electron chi connectivity index (χ0n) is 10.4. The van der Waals surface area contributed by atoms with Crippen molar-refractivity contribution in [3.8, 4) is 11.8 Å². The summed E-state index contributed by atoms with van der Waals surface area (Å²) in [5, 5.41) is 0. The van der Waals surface area contributed by atoms with Gasteiger partial charge in [-0.3, -0.25) is 0 Å². The lowest BCUT2D eigenvalue weighted by Gasteiger charge is -2.12. The van der Waals surface area contributed by atoms with E-state index < -0.39 is 11.7 Å². The number of hydrogen-bond donors (Lipinski definition) is 0. The molecule has 0 N–H and O–H groups in total. The summed E-state index contributed by atoms with van der Waals surface area (Å²) in [7, 11) is 0. The number of benzene rings is 1. The summed E-state index contributed by atoms with van der Waals surface area (Å²) in [4.78, 5) is 7.82. The molecule has 0 atom stereocenters. The normalized spacial score (nSPS) is 11.4. The number of aryl methyl sites for hydroxylation is 1. The molecule has 0 aliphatic rings. The van der Waals surface area contributed by atoms with Crippen LogP contribution in [-0.4, -0.2) is 9.97 Å². The van der Waals surface area contributed by atoms with E-state index in [0.717, 1.165) is 6.07 Å². The Labute approximate surface area is 118 Å². The van der Waals surface area contributed by atoms with Crippen molar-refractivity contribution in [2.75, 3.05) is 0 Å². The first-order valence-electron chi connectivity index (χ1n) is 5.64. The van der Waals surface area contributed by atoms with Crippen LogP contribution in [0.1, 0.15) is 16.8 Å². The highest BCUT2D eigenvalue weighted by atomic mass is 35.5. The van der Waals surface area contributed by atoms with Gasteiger partial charge in [-0.15, -0.1) is 11.6 Å². The van der Waals surface area contributed by atoms with Crippen LogP contribution in [0.4, 0.5) is 13.2 Å². The molecular formula is C13H10ClF3N2O. The van der Waals surface area contributed by atoms with Crippen LogP contribution >= 0.6 is 11.6 Å². The fourth-order valence-corrected chi connectivity index (χ4v) is 1.80. The molecule has 0 amide bonds. The number of alkyl halides is 4. The zero-order valence-corrected chi connectivity index (χ0v) is 11.2. The molecule has 2 rings (SSSR count). The molecule has 0 fully saturated rings. The van der Waals surface area contributed by atoms with Crippen molar-refractivity contribution in [1.82, 2.24) is 9.97 Å². The number of ether oxygens (including phenoxy) is 1. The molecule has 1 aromatic heterocycles. The summed E-state index contributed by atoms with van der Waals surface area (Å²) >= 11 is 5.66. The Hall–Kier alpha value is -1.82. The first-order valence-corrected chi connectivity index (χ1v) is 6.18. The minimum absolute atomic E-state index is 0.145.